The molecule has 4 aromatic rings. The Morgan fingerprint density at radius 3 is 2.37 bits per heavy atom. The first-order valence-corrected chi connectivity index (χ1v) is 14.5. The summed E-state index contributed by atoms with van der Waals surface area (Å²) in [6.45, 7) is 0.499. The fourth-order valence-electron chi connectivity index (χ4n) is 3.77. The molecule has 41 heavy (non-hydrogen) atoms. The van der Waals surface area contributed by atoms with Gasteiger partial charge in [0.05, 0.1) is 17.8 Å². The van der Waals surface area contributed by atoms with Crippen LogP contribution in [0.15, 0.2) is 58.9 Å². The minimum Gasteiger partial charge on any atom is -0.490 e. The van der Waals surface area contributed by atoms with Crippen molar-refractivity contribution < 1.29 is 14.3 Å². The zero-order valence-corrected chi connectivity index (χ0v) is 24.6. The van der Waals surface area contributed by atoms with Crippen molar-refractivity contribution in [2.45, 2.75) is 10.8 Å². The van der Waals surface area contributed by atoms with Crippen molar-refractivity contribution >= 4 is 46.5 Å². The third-order valence-corrected chi connectivity index (χ3v) is 7.82. The third kappa shape index (κ3) is 7.75. The van der Waals surface area contributed by atoms with Crippen molar-refractivity contribution in [1.82, 2.24) is 14.9 Å². The summed E-state index contributed by atoms with van der Waals surface area (Å²) >= 11 is 8.84. The Kier molecular flexibility index (Phi) is 10.2. The van der Waals surface area contributed by atoms with E-state index in [0.29, 0.717) is 32.7 Å². The van der Waals surface area contributed by atoms with Crippen molar-refractivity contribution in [2.24, 2.45) is 0 Å². The lowest BCUT2D eigenvalue weighted by molar-refractivity contribution is -0.145. The number of thiazole rings is 1. The average molecular weight is 605 g/mol. The number of carbonyl (C=O) groups excluding carboxylic acids is 1. The van der Waals surface area contributed by atoms with Gasteiger partial charge in [-0.1, -0.05) is 47.6 Å². The van der Waals surface area contributed by atoms with E-state index in [9.17, 15) is 15.3 Å². The van der Waals surface area contributed by atoms with Gasteiger partial charge in [-0.05, 0) is 43.9 Å². The van der Waals surface area contributed by atoms with Gasteiger partial charge in [0.2, 0.25) is 0 Å². The van der Waals surface area contributed by atoms with Gasteiger partial charge in [0.1, 0.15) is 52.5 Å². The number of pyridine rings is 1. The molecule has 0 saturated carbocycles. The monoisotopic (exact) mass is 604 g/mol. The molecular weight excluding hydrogens is 580 g/mol. The van der Waals surface area contributed by atoms with Crippen LogP contribution >= 0.6 is 34.7 Å². The Hall–Kier alpha value is -4.13. The number of nitrogen functional groups attached to an aromatic ring is 1. The number of rotatable bonds is 11. The summed E-state index contributed by atoms with van der Waals surface area (Å²) in [5, 5.41) is 23.8. The standard InChI is InChI=1S/C29H25ClN6O3S2/c1-36(2)15-25(37)39-12-11-38-22-9-5-18(6-10-22)26-23(13-31)27(33)35-29(24(26)14-32)41-17-21-16-40-28(34-21)19-3-7-20(30)8-4-19/h3-10,16H,11-12,15,17H2,1-2H3,(H2,33,35). The lowest BCUT2D eigenvalue weighted by atomic mass is 9.97. The molecule has 0 radical (unpaired) electrons. The molecule has 208 valence electrons. The largest absolute Gasteiger partial charge is 0.490 e. The van der Waals surface area contributed by atoms with Crippen LogP contribution in [0.5, 0.6) is 5.75 Å². The van der Waals surface area contributed by atoms with Gasteiger partial charge < -0.3 is 15.2 Å². The number of nitrogens with two attached hydrogens (primary N) is 1. The Balaban J connectivity index is 1.49. The van der Waals surface area contributed by atoms with Crippen LogP contribution < -0.4 is 10.5 Å². The second kappa shape index (κ2) is 14.0. The highest BCUT2D eigenvalue weighted by atomic mass is 35.5. The fourth-order valence-corrected chi connectivity index (χ4v) is 5.71. The number of thioether (sulfide) groups is 1. The van der Waals surface area contributed by atoms with Crippen molar-refractivity contribution in [2.75, 3.05) is 39.6 Å². The summed E-state index contributed by atoms with van der Waals surface area (Å²) in [5.74, 6) is 0.723. The molecule has 0 amide bonds. The summed E-state index contributed by atoms with van der Waals surface area (Å²) in [7, 11) is 3.57. The molecule has 0 aliphatic heterocycles. The summed E-state index contributed by atoms with van der Waals surface area (Å²) in [4.78, 5) is 22.4. The first-order valence-electron chi connectivity index (χ1n) is 12.3. The van der Waals surface area contributed by atoms with Crippen LogP contribution in [0.1, 0.15) is 16.8 Å². The van der Waals surface area contributed by atoms with Gasteiger partial charge in [-0.2, -0.15) is 10.5 Å². The molecule has 0 spiro atoms. The van der Waals surface area contributed by atoms with Gasteiger partial charge in [0.15, 0.2) is 0 Å². The molecule has 0 unspecified atom stereocenters. The van der Waals surface area contributed by atoms with Gasteiger partial charge in [-0.3, -0.25) is 9.69 Å². The molecule has 0 aliphatic rings. The van der Waals surface area contributed by atoms with Gasteiger partial charge in [0.25, 0.3) is 0 Å². The number of carbonyl (C=O) groups is 1. The Bertz CT molecular complexity index is 1610. The van der Waals surface area contributed by atoms with E-state index in [1.165, 1.54) is 23.1 Å². The molecule has 0 atom stereocenters. The third-order valence-electron chi connectivity index (χ3n) is 5.62. The average Bonchev–Trinajstić information content (AvgIpc) is 3.43. The van der Waals surface area contributed by atoms with Crippen LogP contribution in [0.25, 0.3) is 21.7 Å². The number of anilines is 1. The summed E-state index contributed by atoms with van der Waals surface area (Å²) in [5.41, 5.74) is 9.39. The quantitative estimate of drug-likeness (QED) is 0.130. The van der Waals surface area contributed by atoms with E-state index >= 15 is 0 Å². The normalized spacial score (nSPS) is 10.7. The van der Waals surface area contributed by atoms with Crippen LogP contribution in [-0.4, -0.2) is 54.7 Å². The Labute approximate surface area is 251 Å². The number of nitrogens with zero attached hydrogens (tertiary/aromatic N) is 5. The van der Waals surface area contributed by atoms with E-state index in [0.717, 1.165) is 16.3 Å². The number of esters is 1. The second-order valence-electron chi connectivity index (χ2n) is 8.92. The smallest absolute Gasteiger partial charge is 0.320 e. The molecule has 0 bridgehead atoms. The van der Waals surface area contributed by atoms with Crippen LogP contribution in [0.2, 0.25) is 5.02 Å². The van der Waals surface area contributed by atoms with Crippen molar-refractivity contribution in [1.29, 1.82) is 10.5 Å². The maximum atomic E-state index is 11.6. The second-order valence-corrected chi connectivity index (χ2v) is 11.2. The molecule has 0 saturated heterocycles. The van der Waals surface area contributed by atoms with E-state index in [-0.39, 0.29) is 42.7 Å². The van der Waals surface area contributed by atoms with Gasteiger partial charge in [0, 0.05) is 27.3 Å². The summed E-state index contributed by atoms with van der Waals surface area (Å²) in [6.07, 6.45) is 0. The zero-order chi connectivity index (χ0) is 29.4. The molecule has 0 fully saturated rings. The van der Waals surface area contributed by atoms with Gasteiger partial charge in [-0.15, -0.1) is 11.3 Å². The van der Waals surface area contributed by atoms with Gasteiger partial charge in [-0.25, -0.2) is 9.97 Å². The number of nitriles is 2. The van der Waals surface area contributed by atoms with E-state index in [2.05, 4.69) is 17.1 Å². The van der Waals surface area contributed by atoms with Crippen LogP contribution in [-0.2, 0) is 15.3 Å². The SMILES string of the molecule is CN(C)CC(=O)OCCOc1ccc(-c2c(C#N)c(N)nc(SCc3csc(-c4ccc(Cl)cc4)n3)c2C#N)cc1. The van der Waals surface area contributed by atoms with Crippen LogP contribution in [0, 0.1) is 22.7 Å². The number of halogens is 1. The number of likely N-dealkylation sites (N-methyl/N-ethyl adjacent to an activating group) is 1. The van der Waals surface area contributed by atoms with Crippen molar-refractivity contribution in [3.8, 4) is 39.6 Å². The minimum absolute atomic E-state index is 0.0454. The lowest BCUT2D eigenvalue weighted by Crippen LogP contribution is -2.25. The molecule has 2 N–H and O–H groups in total. The molecular formula is C29H25ClN6O3S2. The Morgan fingerprint density at radius 2 is 1.71 bits per heavy atom. The van der Waals surface area contributed by atoms with Crippen molar-refractivity contribution in [3.05, 3.63) is 75.8 Å². The summed E-state index contributed by atoms with van der Waals surface area (Å²) < 4.78 is 10.8. The number of hydrogen-bond acceptors (Lipinski definition) is 11. The van der Waals surface area contributed by atoms with E-state index in [1.54, 1.807) is 43.3 Å². The minimum atomic E-state index is -0.331. The van der Waals surface area contributed by atoms with Gasteiger partial charge >= 0.3 is 5.97 Å². The maximum absolute atomic E-state index is 11.6. The number of hydrogen-bond donors (Lipinski definition) is 1. The fraction of sp³-hybridized carbons (Fsp3) is 0.207. The topological polar surface area (TPSA) is 138 Å². The first-order chi connectivity index (χ1) is 19.8. The molecule has 2 heterocycles. The molecule has 12 heteroatoms. The predicted octanol–water partition coefficient (Wildman–Crippen LogP) is 5.63. The maximum Gasteiger partial charge on any atom is 0.320 e. The highest BCUT2D eigenvalue weighted by Crippen LogP contribution is 2.37. The van der Waals surface area contributed by atoms with E-state index in [4.69, 9.17) is 31.8 Å². The molecule has 4 rings (SSSR count). The number of aromatic nitrogens is 2. The number of benzene rings is 2. The molecule has 2 aromatic heterocycles. The van der Waals surface area contributed by atoms with E-state index in [1.807, 2.05) is 29.6 Å². The summed E-state index contributed by atoms with van der Waals surface area (Å²) in [6, 6.07) is 18.7. The Morgan fingerprint density at radius 1 is 1.02 bits per heavy atom. The highest BCUT2D eigenvalue weighted by Gasteiger charge is 2.21. The van der Waals surface area contributed by atoms with Crippen LogP contribution in [0.3, 0.4) is 0 Å². The first kappa shape index (κ1) is 29.8. The van der Waals surface area contributed by atoms with Crippen molar-refractivity contribution in [3.63, 3.8) is 0 Å². The molecule has 0 aliphatic carbocycles. The molecule has 9 nitrogen and oxygen atoms in total. The predicted molar refractivity (Wildman–Crippen MR) is 161 cm³/mol. The van der Waals surface area contributed by atoms with Crippen LogP contribution in [0.4, 0.5) is 5.82 Å². The van der Waals surface area contributed by atoms with E-state index < -0.39 is 0 Å². The number of ether oxygens (including phenoxy) is 2. The zero-order valence-electron chi connectivity index (χ0n) is 22.3. The highest BCUT2D eigenvalue weighted by molar-refractivity contribution is 7.98. The molecule has 2 aromatic carbocycles. The lowest BCUT2D eigenvalue weighted by Gasteiger charge is -2.13.